The van der Waals surface area contributed by atoms with Crippen molar-refractivity contribution in [2.75, 3.05) is 6.54 Å². The highest BCUT2D eigenvalue weighted by atomic mass is 35.5. The summed E-state index contributed by atoms with van der Waals surface area (Å²) < 4.78 is 19.4. The summed E-state index contributed by atoms with van der Waals surface area (Å²) in [6.07, 6.45) is 0.708. The monoisotopic (exact) mass is 357 g/mol. The second-order valence-electron chi connectivity index (χ2n) is 5.96. The Morgan fingerprint density at radius 2 is 1.78 bits per heavy atom. The zero-order valence-electron chi connectivity index (χ0n) is 14.5. The minimum atomic E-state index is -1.67. The molecule has 0 aliphatic heterocycles. The molecule has 1 aromatic carbocycles. The third-order valence-corrected chi connectivity index (χ3v) is 9.27. The van der Waals surface area contributed by atoms with E-state index >= 15 is 0 Å². The molecule has 0 aromatic heterocycles. The largest absolute Gasteiger partial charge is 0.412 e. The molecule has 130 valence electrons. The number of hydrogen-bond donors (Lipinski definition) is 1. The van der Waals surface area contributed by atoms with Gasteiger partial charge in [0, 0.05) is 24.5 Å². The van der Waals surface area contributed by atoms with E-state index < -0.39 is 8.32 Å². The highest BCUT2D eigenvalue weighted by molar-refractivity contribution is 6.73. The molecule has 2 nitrogen and oxygen atoms in total. The lowest BCUT2D eigenvalue weighted by Gasteiger charge is -2.33. The van der Waals surface area contributed by atoms with Gasteiger partial charge in [0.05, 0.1) is 6.10 Å². The number of benzene rings is 1. The van der Waals surface area contributed by atoms with Crippen molar-refractivity contribution in [2.24, 2.45) is 0 Å². The molecule has 0 saturated carbocycles. The third kappa shape index (κ3) is 7.17. The van der Waals surface area contributed by atoms with Gasteiger partial charge >= 0.3 is 0 Å². The number of hydrogen-bond acceptors (Lipinski definition) is 2. The fourth-order valence-electron chi connectivity index (χ4n) is 2.74. The number of nitrogens with one attached hydrogen (secondary N) is 1. The van der Waals surface area contributed by atoms with Crippen molar-refractivity contribution < 1.29 is 8.82 Å². The number of rotatable bonds is 11. The summed E-state index contributed by atoms with van der Waals surface area (Å²) in [5, 5.41) is 4.03. The summed E-state index contributed by atoms with van der Waals surface area (Å²) in [5.74, 6) is -0.210. The van der Waals surface area contributed by atoms with Gasteiger partial charge in [0.25, 0.3) is 0 Å². The Hall–Kier alpha value is -0.683. The van der Waals surface area contributed by atoms with Crippen LogP contribution < -0.4 is 5.32 Å². The zero-order chi connectivity index (χ0) is 17.3. The lowest BCUT2D eigenvalue weighted by Crippen LogP contribution is -2.43. The van der Waals surface area contributed by atoms with Crippen molar-refractivity contribution in [1.82, 2.24) is 5.32 Å². The van der Waals surface area contributed by atoms with Gasteiger partial charge in [-0.25, -0.2) is 4.39 Å². The lowest BCUT2D eigenvalue weighted by atomic mass is 10.2. The Morgan fingerprint density at radius 1 is 1.22 bits per heavy atom. The Labute approximate surface area is 146 Å². The van der Waals surface area contributed by atoms with E-state index in [4.69, 9.17) is 16.0 Å². The van der Waals surface area contributed by atoms with Gasteiger partial charge in [0.1, 0.15) is 5.82 Å². The predicted octanol–water partition coefficient (Wildman–Crippen LogP) is 5.45. The van der Waals surface area contributed by atoms with Crippen molar-refractivity contribution in [3.8, 4) is 0 Å². The fraction of sp³-hybridized carbons (Fsp3) is 0.556. The molecular formula is C18H29ClFNOSi. The molecule has 1 N–H and O–H groups in total. The van der Waals surface area contributed by atoms with E-state index in [2.05, 4.69) is 32.7 Å². The van der Waals surface area contributed by atoms with E-state index in [0.717, 1.165) is 30.2 Å². The lowest BCUT2D eigenvalue weighted by molar-refractivity contribution is 0.184. The van der Waals surface area contributed by atoms with Crippen LogP contribution in [-0.4, -0.2) is 21.0 Å². The minimum Gasteiger partial charge on any atom is -0.412 e. The molecule has 0 amide bonds. The molecule has 1 atom stereocenters. The van der Waals surface area contributed by atoms with Gasteiger partial charge in [0.2, 0.25) is 0 Å². The summed E-state index contributed by atoms with van der Waals surface area (Å²) in [6.45, 7) is 11.9. The molecule has 0 fully saturated rings. The van der Waals surface area contributed by atoms with Gasteiger partial charge in [0.15, 0.2) is 8.32 Å². The first-order chi connectivity index (χ1) is 10.9. The molecule has 1 rings (SSSR count). The van der Waals surface area contributed by atoms with Crippen LogP contribution in [0, 0.1) is 5.82 Å². The maximum absolute atomic E-state index is 12.9. The first kappa shape index (κ1) is 20.4. The smallest absolute Gasteiger partial charge is 0.192 e. The molecule has 5 heteroatoms. The normalized spacial score (nSPS) is 13.1. The first-order valence-electron chi connectivity index (χ1n) is 8.41. The van der Waals surface area contributed by atoms with Gasteiger partial charge in [-0.1, -0.05) is 51.1 Å². The maximum Gasteiger partial charge on any atom is 0.192 e. The SMILES string of the molecule is C=C(Cl)CC(CNCc1ccc(F)cc1)O[Si](CC)(CC)CC. The van der Waals surface area contributed by atoms with Gasteiger partial charge < -0.3 is 9.74 Å². The molecular weight excluding hydrogens is 329 g/mol. The molecule has 1 aromatic rings. The van der Waals surface area contributed by atoms with E-state index in [1.165, 1.54) is 12.1 Å². The Balaban J connectivity index is 2.60. The van der Waals surface area contributed by atoms with Crippen molar-refractivity contribution in [3.63, 3.8) is 0 Å². The van der Waals surface area contributed by atoms with Crippen LogP contribution in [0.2, 0.25) is 18.1 Å². The van der Waals surface area contributed by atoms with Crippen molar-refractivity contribution in [1.29, 1.82) is 0 Å². The standard InChI is InChI=1S/C18H29ClFNOSi/c1-5-23(6-2,7-3)22-18(12-15(4)19)14-21-13-16-8-10-17(20)11-9-16/h8-11,18,21H,4-7,12-14H2,1-3H3. The Morgan fingerprint density at radius 3 is 2.26 bits per heavy atom. The molecule has 0 saturated heterocycles. The van der Waals surface area contributed by atoms with E-state index in [1.54, 1.807) is 12.1 Å². The van der Waals surface area contributed by atoms with Crippen molar-refractivity contribution in [3.05, 3.63) is 47.3 Å². The summed E-state index contributed by atoms with van der Waals surface area (Å²) in [4.78, 5) is 0. The predicted molar refractivity (Wildman–Crippen MR) is 99.8 cm³/mol. The summed E-state index contributed by atoms with van der Waals surface area (Å²) in [5.41, 5.74) is 1.06. The molecule has 1 unspecified atom stereocenters. The van der Waals surface area contributed by atoms with E-state index in [9.17, 15) is 4.39 Å². The van der Waals surface area contributed by atoms with Crippen molar-refractivity contribution >= 4 is 19.9 Å². The van der Waals surface area contributed by atoms with Crippen molar-refractivity contribution in [2.45, 2.75) is 58.0 Å². The van der Waals surface area contributed by atoms with Crippen LogP contribution in [0.1, 0.15) is 32.8 Å². The van der Waals surface area contributed by atoms with Crippen LogP contribution in [0.25, 0.3) is 0 Å². The van der Waals surface area contributed by atoms with Crippen LogP contribution in [0.15, 0.2) is 35.9 Å². The third-order valence-electron chi connectivity index (χ3n) is 4.41. The highest BCUT2D eigenvalue weighted by Gasteiger charge is 2.31. The molecule has 23 heavy (non-hydrogen) atoms. The molecule has 0 heterocycles. The average Bonchev–Trinajstić information content (AvgIpc) is 2.54. The Bertz CT molecular complexity index is 468. The molecule has 0 bridgehead atoms. The van der Waals surface area contributed by atoms with Crippen LogP contribution in [0.3, 0.4) is 0 Å². The summed E-state index contributed by atoms with van der Waals surface area (Å²) >= 11 is 6.02. The van der Waals surface area contributed by atoms with Gasteiger partial charge in [-0.3, -0.25) is 0 Å². The average molecular weight is 358 g/mol. The summed E-state index contributed by atoms with van der Waals surface area (Å²) in [7, 11) is -1.67. The highest BCUT2D eigenvalue weighted by Crippen LogP contribution is 2.25. The molecule has 0 aliphatic carbocycles. The fourth-order valence-corrected chi connectivity index (χ4v) is 5.78. The molecule has 0 aliphatic rings. The second kappa shape index (κ2) is 10.2. The van der Waals surface area contributed by atoms with E-state index in [1.807, 2.05) is 0 Å². The molecule has 0 spiro atoms. The quantitative estimate of drug-likeness (QED) is 0.532. The second-order valence-corrected chi connectivity index (χ2v) is 11.2. The minimum absolute atomic E-state index is 0.0481. The van der Waals surface area contributed by atoms with Gasteiger partial charge in [-0.05, 0) is 35.8 Å². The number of halogens is 2. The van der Waals surface area contributed by atoms with E-state index in [-0.39, 0.29) is 11.9 Å². The van der Waals surface area contributed by atoms with Gasteiger partial charge in [-0.2, -0.15) is 0 Å². The van der Waals surface area contributed by atoms with Crippen LogP contribution in [-0.2, 0) is 11.0 Å². The van der Waals surface area contributed by atoms with Crippen LogP contribution in [0.5, 0.6) is 0 Å². The zero-order valence-corrected chi connectivity index (χ0v) is 16.3. The van der Waals surface area contributed by atoms with Crippen LogP contribution in [0.4, 0.5) is 4.39 Å². The summed E-state index contributed by atoms with van der Waals surface area (Å²) in [6, 6.07) is 9.89. The van der Waals surface area contributed by atoms with E-state index in [0.29, 0.717) is 18.0 Å². The van der Waals surface area contributed by atoms with Crippen LogP contribution >= 0.6 is 11.6 Å². The first-order valence-corrected chi connectivity index (χ1v) is 11.3. The maximum atomic E-state index is 12.9. The van der Waals surface area contributed by atoms with Gasteiger partial charge in [-0.15, -0.1) is 0 Å². The Kier molecular flexibility index (Phi) is 9.06. The topological polar surface area (TPSA) is 21.3 Å². The molecule has 0 radical (unpaired) electrons.